The zero-order chi connectivity index (χ0) is 16.2. The first-order chi connectivity index (χ1) is 11.9. The topological polar surface area (TPSA) is 38.9 Å². The van der Waals surface area contributed by atoms with Gasteiger partial charge in [0.25, 0.3) is 0 Å². The molecule has 1 saturated heterocycles. The molecule has 5 nitrogen and oxygen atoms in total. The van der Waals surface area contributed by atoms with E-state index in [1.54, 1.807) is 0 Å². The van der Waals surface area contributed by atoms with Gasteiger partial charge in [-0.05, 0) is 37.9 Å². The summed E-state index contributed by atoms with van der Waals surface area (Å²) in [5, 5.41) is 0. The van der Waals surface area contributed by atoms with Crippen molar-refractivity contribution in [1.82, 2.24) is 24.0 Å². The normalized spacial score (nSPS) is 19.1. The first-order valence-electron chi connectivity index (χ1n) is 9.00. The Morgan fingerprint density at radius 1 is 1.04 bits per heavy atom. The quantitative estimate of drug-likeness (QED) is 0.699. The number of aromatic nitrogens is 4. The van der Waals surface area contributed by atoms with E-state index in [2.05, 4.69) is 54.5 Å². The molecule has 0 saturated carbocycles. The van der Waals surface area contributed by atoms with E-state index in [0.717, 1.165) is 25.2 Å². The average Bonchev–Trinajstić information content (AvgIpc) is 3.29. The lowest BCUT2D eigenvalue weighted by Gasteiger charge is -2.36. The van der Waals surface area contributed by atoms with Gasteiger partial charge in [0.05, 0.1) is 23.7 Å². The predicted molar refractivity (Wildman–Crippen MR) is 95.8 cm³/mol. The van der Waals surface area contributed by atoms with E-state index >= 15 is 0 Å². The molecule has 3 heterocycles. The highest BCUT2D eigenvalue weighted by molar-refractivity contribution is 5.74. The van der Waals surface area contributed by atoms with Gasteiger partial charge in [-0.2, -0.15) is 0 Å². The third-order valence-corrected chi connectivity index (χ3v) is 5.18. The molecule has 1 unspecified atom stereocenters. The van der Waals surface area contributed by atoms with Crippen LogP contribution in [0.4, 0.5) is 0 Å². The largest absolute Gasteiger partial charge is 0.337 e. The van der Waals surface area contributed by atoms with E-state index in [1.165, 1.54) is 37.7 Å². The van der Waals surface area contributed by atoms with Crippen molar-refractivity contribution in [1.29, 1.82) is 0 Å². The van der Waals surface area contributed by atoms with Crippen molar-refractivity contribution in [2.24, 2.45) is 0 Å². The number of rotatable bonds is 6. The molecule has 1 atom stereocenters. The Morgan fingerprint density at radius 2 is 2.00 bits per heavy atom. The van der Waals surface area contributed by atoms with Crippen LogP contribution < -0.4 is 0 Å². The van der Waals surface area contributed by atoms with Crippen LogP contribution in [0.2, 0.25) is 0 Å². The Morgan fingerprint density at radius 3 is 2.92 bits per heavy atom. The van der Waals surface area contributed by atoms with Gasteiger partial charge in [-0.1, -0.05) is 18.6 Å². The molecule has 0 bridgehead atoms. The molecule has 1 aliphatic rings. The minimum atomic E-state index is 0.691. The summed E-state index contributed by atoms with van der Waals surface area (Å²) < 4.78 is 4.48. The molecule has 0 N–H and O–H groups in total. The summed E-state index contributed by atoms with van der Waals surface area (Å²) >= 11 is 0. The summed E-state index contributed by atoms with van der Waals surface area (Å²) in [6, 6.07) is 9.08. The fourth-order valence-corrected chi connectivity index (χ4v) is 3.82. The summed E-state index contributed by atoms with van der Waals surface area (Å²) in [7, 11) is 0. The van der Waals surface area contributed by atoms with E-state index in [-0.39, 0.29) is 0 Å². The van der Waals surface area contributed by atoms with Gasteiger partial charge >= 0.3 is 0 Å². The number of hydrogen-bond acceptors (Lipinski definition) is 3. The number of hydrogen-bond donors (Lipinski definition) is 0. The maximum absolute atomic E-state index is 4.51. The van der Waals surface area contributed by atoms with Gasteiger partial charge in [-0.3, -0.25) is 4.90 Å². The minimum Gasteiger partial charge on any atom is -0.337 e. The summed E-state index contributed by atoms with van der Waals surface area (Å²) in [5.41, 5.74) is 2.33. The Kier molecular flexibility index (Phi) is 4.60. The van der Waals surface area contributed by atoms with Crippen molar-refractivity contribution in [3.05, 3.63) is 49.3 Å². The second kappa shape index (κ2) is 7.18. The highest BCUT2D eigenvalue weighted by Gasteiger charge is 2.22. The summed E-state index contributed by atoms with van der Waals surface area (Å²) in [6.07, 6.45) is 13.0. The monoisotopic (exact) mass is 323 g/mol. The highest BCUT2D eigenvalue weighted by Crippen LogP contribution is 2.21. The highest BCUT2D eigenvalue weighted by atomic mass is 15.2. The van der Waals surface area contributed by atoms with Crippen molar-refractivity contribution in [3.63, 3.8) is 0 Å². The summed E-state index contributed by atoms with van der Waals surface area (Å²) in [4.78, 5) is 11.3. The van der Waals surface area contributed by atoms with Crippen molar-refractivity contribution in [2.75, 3.05) is 13.1 Å². The van der Waals surface area contributed by atoms with Gasteiger partial charge < -0.3 is 9.13 Å². The van der Waals surface area contributed by atoms with Crippen LogP contribution in [0.5, 0.6) is 0 Å². The molecule has 1 aromatic carbocycles. The number of para-hydroxylation sites is 2. The molecule has 0 amide bonds. The molecule has 4 rings (SSSR count). The number of aryl methyl sites for hydroxylation is 1. The van der Waals surface area contributed by atoms with E-state index < -0.39 is 0 Å². The first-order valence-corrected chi connectivity index (χ1v) is 9.00. The van der Waals surface area contributed by atoms with E-state index in [9.17, 15) is 0 Å². The molecule has 0 aliphatic carbocycles. The molecule has 126 valence electrons. The molecule has 1 fully saturated rings. The third-order valence-electron chi connectivity index (χ3n) is 5.18. The van der Waals surface area contributed by atoms with Gasteiger partial charge in [0.1, 0.15) is 0 Å². The molecular weight excluding hydrogens is 298 g/mol. The van der Waals surface area contributed by atoms with Crippen molar-refractivity contribution in [2.45, 2.75) is 44.8 Å². The fourth-order valence-electron chi connectivity index (χ4n) is 3.82. The van der Waals surface area contributed by atoms with Crippen molar-refractivity contribution >= 4 is 11.0 Å². The number of imidazole rings is 2. The van der Waals surface area contributed by atoms with E-state index in [4.69, 9.17) is 0 Å². The average molecular weight is 323 g/mol. The molecule has 2 aromatic heterocycles. The predicted octanol–water partition coefficient (Wildman–Crippen LogP) is 3.18. The summed E-state index contributed by atoms with van der Waals surface area (Å²) in [5.74, 6) is 0. The second-order valence-electron chi connectivity index (χ2n) is 6.70. The first kappa shape index (κ1) is 15.4. The van der Waals surface area contributed by atoms with Crippen LogP contribution in [0, 0.1) is 0 Å². The lowest BCUT2D eigenvalue weighted by Crippen LogP contribution is -2.41. The van der Waals surface area contributed by atoms with Crippen LogP contribution in [0.15, 0.2) is 49.3 Å². The summed E-state index contributed by atoms with van der Waals surface area (Å²) in [6.45, 7) is 4.41. The van der Waals surface area contributed by atoms with Gasteiger partial charge in [-0.25, -0.2) is 9.97 Å². The van der Waals surface area contributed by atoms with Gasteiger partial charge in [0.15, 0.2) is 0 Å². The lowest BCUT2D eigenvalue weighted by molar-refractivity contribution is 0.131. The fraction of sp³-hybridized carbons (Fsp3) is 0.474. The van der Waals surface area contributed by atoms with Crippen LogP contribution in [0.25, 0.3) is 11.0 Å². The molecular formula is C19H25N5. The standard InChI is InChI=1S/C19H25N5/c1-2-7-19-18(6-1)21-16-24(19)14-13-23-10-4-3-5-17(23)8-11-22-12-9-20-15-22/h1-2,6-7,9,12,15-17H,3-5,8,10-11,13-14H2. The third kappa shape index (κ3) is 3.36. The molecule has 0 spiro atoms. The van der Waals surface area contributed by atoms with Crippen molar-refractivity contribution < 1.29 is 0 Å². The van der Waals surface area contributed by atoms with Gasteiger partial charge in [0.2, 0.25) is 0 Å². The Balaban J connectivity index is 1.38. The van der Waals surface area contributed by atoms with E-state index in [0.29, 0.717) is 6.04 Å². The number of likely N-dealkylation sites (tertiary alicyclic amines) is 1. The number of fused-ring (bicyclic) bond motifs is 1. The SMILES string of the molecule is c1ccc2c(c1)ncn2CCN1CCCCC1CCn1ccnc1. The molecule has 3 aromatic rings. The smallest absolute Gasteiger partial charge is 0.0958 e. The molecule has 1 aliphatic heterocycles. The number of nitrogens with zero attached hydrogens (tertiary/aromatic N) is 5. The van der Waals surface area contributed by atoms with Gasteiger partial charge in [-0.15, -0.1) is 0 Å². The molecule has 5 heteroatoms. The second-order valence-corrected chi connectivity index (χ2v) is 6.70. The Bertz CT molecular complexity index is 761. The maximum atomic E-state index is 4.51. The van der Waals surface area contributed by atoms with Crippen LogP contribution in [0.3, 0.4) is 0 Å². The van der Waals surface area contributed by atoms with E-state index in [1.807, 2.05) is 18.9 Å². The van der Waals surface area contributed by atoms with Crippen LogP contribution in [-0.2, 0) is 13.1 Å². The zero-order valence-corrected chi connectivity index (χ0v) is 14.1. The molecule has 0 radical (unpaired) electrons. The zero-order valence-electron chi connectivity index (χ0n) is 14.1. The maximum Gasteiger partial charge on any atom is 0.0958 e. The van der Waals surface area contributed by atoms with Crippen LogP contribution in [0.1, 0.15) is 25.7 Å². The van der Waals surface area contributed by atoms with Crippen molar-refractivity contribution in [3.8, 4) is 0 Å². The van der Waals surface area contributed by atoms with Gasteiger partial charge in [0, 0.05) is 38.1 Å². The minimum absolute atomic E-state index is 0.691. The number of benzene rings is 1. The van der Waals surface area contributed by atoms with Crippen LogP contribution in [-0.4, -0.2) is 43.1 Å². The Labute approximate surface area is 142 Å². The number of piperidine rings is 1. The molecule has 24 heavy (non-hydrogen) atoms. The van der Waals surface area contributed by atoms with Crippen LogP contribution >= 0.6 is 0 Å². The lowest BCUT2D eigenvalue weighted by atomic mass is 9.99. The Hall–Kier alpha value is -2.14.